The van der Waals surface area contributed by atoms with Gasteiger partial charge in [0, 0.05) is 25.3 Å². The third kappa shape index (κ3) is 5.23. The molecule has 1 amide bonds. The molecular formula is C20H23N3O3. The van der Waals surface area contributed by atoms with Gasteiger partial charge in [0.1, 0.15) is 18.2 Å². The number of carbonyl (C=O) groups is 1. The van der Waals surface area contributed by atoms with Crippen molar-refractivity contribution < 1.29 is 14.3 Å². The molecule has 1 heterocycles. The Kier molecular flexibility index (Phi) is 7.01. The average molecular weight is 353 g/mol. The number of amides is 1. The zero-order valence-electron chi connectivity index (χ0n) is 15.3. The van der Waals surface area contributed by atoms with Crippen LogP contribution in [-0.4, -0.2) is 24.6 Å². The molecule has 0 aliphatic heterocycles. The molecule has 0 saturated heterocycles. The van der Waals surface area contributed by atoms with E-state index in [-0.39, 0.29) is 11.7 Å². The van der Waals surface area contributed by atoms with Gasteiger partial charge in [-0.2, -0.15) is 0 Å². The number of nitrogens with zero attached hydrogens (tertiary/aromatic N) is 1. The van der Waals surface area contributed by atoms with Crippen molar-refractivity contribution in [1.29, 1.82) is 0 Å². The normalized spacial score (nSPS) is 9.96. The molecule has 26 heavy (non-hydrogen) atoms. The first kappa shape index (κ1) is 19.3. The molecule has 0 saturated carbocycles. The summed E-state index contributed by atoms with van der Waals surface area (Å²) in [6.07, 6.45) is 0.789. The third-order valence-electron chi connectivity index (χ3n) is 3.58. The Hall–Kier alpha value is -3.04. The van der Waals surface area contributed by atoms with E-state index in [2.05, 4.69) is 22.1 Å². The molecule has 1 aromatic carbocycles. The van der Waals surface area contributed by atoms with E-state index in [9.17, 15) is 4.79 Å². The second kappa shape index (κ2) is 9.44. The lowest BCUT2D eigenvalue weighted by Gasteiger charge is -2.11. The van der Waals surface area contributed by atoms with E-state index >= 15 is 0 Å². The van der Waals surface area contributed by atoms with Gasteiger partial charge in [-0.3, -0.25) is 4.79 Å². The number of aryl methyl sites for hydroxylation is 1. The fourth-order valence-electron chi connectivity index (χ4n) is 2.29. The summed E-state index contributed by atoms with van der Waals surface area (Å²) in [6.45, 7) is 4.50. The highest BCUT2D eigenvalue weighted by molar-refractivity contribution is 6.07. The summed E-state index contributed by atoms with van der Waals surface area (Å²) in [5.41, 5.74) is 8.42. The molecule has 6 heteroatoms. The van der Waals surface area contributed by atoms with Crippen LogP contribution in [0.3, 0.4) is 0 Å². The molecule has 3 N–H and O–H groups in total. The van der Waals surface area contributed by atoms with E-state index in [1.165, 1.54) is 0 Å². The van der Waals surface area contributed by atoms with E-state index in [0.29, 0.717) is 35.9 Å². The van der Waals surface area contributed by atoms with Crippen LogP contribution in [0.4, 0.5) is 11.5 Å². The first-order chi connectivity index (χ1) is 12.5. The van der Waals surface area contributed by atoms with Crippen LogP contribution in [0.15, 0.2) is 30.3 Å². The fraction of sp³-hybridized carbons (Fsp3) is 0.300. The van der Waals surface area contributed by atoms with Crippen molar-refractivity contribution in [1.82, 2.24) is 4.98 Å². The minimum atomic E-state index is -0.329. The topological polar surface area (TPSA) is 86.5 Å². The Labute approximate surface area is 153 Å². The number of pyridine rings is 1. The van der Waals surface area contributed by atoms with E-state index in [4.69, 9.17) is 15.2 Å². The summed E-state index contributed by atoms with van der Waals surface area (Å²) in [6, 6.07) is 8.84. The number of carbonyl (C=O) groups excluding carboxylic acids is 1. The molecule has 0 aliphatic rings. The van der Waals surface area contributed by atoms with Gasteiger partial charge in [-0.1, -0.05) is 18.9 Å². The highest BCUT2D eigenvalue weighted by Crippen LogP contribution is 2.20. The van der Waals surface area contributed by atoms with Crippen molar-refractivity contribution in [2.75, 3.05) is 24.8 Å². The smallest absolute Gasteiger partial charge is 0.259 e. The molecule has 0 bridgehead atoms. The second-order valence-corrected chi connectivity index (χ2v) is 5.60. The predicted octanol–water partition coefficient (Wildman–Crippen LogP) is 3.16. The molecule has 0 aliphatic carbocycles. The number of rotatable bonds is 6. The van der Waals surface area contributed by atoms with E-state index in [0.717, 1.165) is 12.0 Å². The van der Waals surface area contributed by atoms with Crippen LogP contribution in [0.5, 0.6) is 5.75 Å². The first-order valence-corrected chi connectivity index (χ1v) is 8.30. The maximum Gasteiger partial charge on any atom is 0.259 e. The van der Waals surface area contributed by atoms with Crippen LogP contribution >= 0.6 is 0 Å². The van der Waals surface area contributed by atoms with Crippen LogP contribution in [-0.2, 0) is 11.3 Å². The van der Waals surface area contributed by atoms with Crippen molar-refractivity contribution >= 4 is 17.4 Å². The van der Waals surface area contributed by atoms with Crippen LogP contribution in [0, 0.1) is 18.8 Å². The molecule has 0 spiro atoms. The van der Waals surface area contributed by atoms with E-state index < -0.39 is 0 Å². The van der Waals surface area contributed by atoms with Crippen LogP contribution in [0.2, 0.25) is 0 Å². The van der Waals surface area contributed by atoms with Gasteiger partial charge in [0.25, 0.3) is 5.91 Å². The zero-order valence-corrected chi connectivity index (χ0v) is 15.3. The lowest BCUT2D eigenvalue weighted by molar-refractivity contribution is 0.102. The molecular weight excluding hydrogens is 330 g/mol. The fourth-order valence-corrected chi connectivity index (χ4v) is 2.29. The minimum Gasteiger partial charge on any atom is -0.481 e. The Morgan fingerprint density at radius 2 is 2.12 bits per heavy atom. The average Bonchev–Trinajstić information content (AvgIpc) is 2.62. The zero-order chi connectivity index (χ0) is 18.9. The first-order valence-electron chi connectivity index (χ1n) is 8.30. The van der Waals surface area contributed by atoms with Crippen molar-refractivity contribution in [3.8, 4) is 17.6 Å². The minimum absolute atomic E-state index is 0.169. The van der Waals surface area contributed by atoms with Crippen LogP contribution in [0.1, 0.15) is 35.0 Å². The summed E-state index contributed by atoms with van der Waals surface area (Å²) in [5.74, 6) is 6.31. The molecule has 2 rings (SSSR count). The van der Waals surface area contributed by atoms with Crippen molar-refractivity contribution in [2.24, 2.45) is 0 Å². The molecule has 136 valence electrons. The van der Waals surface area contributed by atoms with Gasteiger partial charge in [0.2, 0.25) is 0 Å². The monoisotopic (exact) mass is 353 g/mol. The molecule has 1 aromatic heterocycles. The Balaban J connectivity index is 2.11. The number of benzene rings is 1. The molecule has 2 aromatic rings. The summed E-state index contributed by atoms with van der Waals surface area (Å²) in [5, 5.41) is 2.81. The largest absolute Gasteiger partial charge is 0.481 e. The maximum absolute atomic E-state index is 12.5. The highest BCUT2D eigenvalue weighted by Gasteiger charge is 2.14. The number of nitrogen functional groups attached to an aromatic ring is 1. The summed E-state index contributed by atoms with van der Waals surface area (Å²) in [7, 11) is 1.58. The number of aromatic nitrogens is 1. The quantitative estimate of drug-likeness (QED) is 0.779. The van der Waals surface area contributed by atoms with Crippen molar-refractivity contribution in [3.63, 3.8) is 0 Å². The van der Waals surface area contributed by atoms with E-state index in [1.807, 2.05) is 19.9 Å². The van der Waals surface area contributed by atoms with Gasteiger partial charge in [-0.25, -0.2) is 4.98 Å². The van der Waals surface area contributed by atoms with Crippen LogP contribution in [0.25, 0.3) is 0 Å². The number of hydrogen-bond acceptors (Lipinski definition) is 5. The molecule has 0 radical (unpaired) electrons. The lowest BCUT2D eigenvalue weighted by atomic mass is 10.1. The second-order valence-electron chi connectivity index (χ2n) is 5.60. The standard InChI is InChI=1S/C20H23N3O3/c1-4-5-6-10-26-16-9-7-8-15(12-16)22-20(24)17-11-14(2)18(13-25-3)23-19(17)21/h7-9,11-12H,4,10,13H2,1-3H3,(H2,21,23)(H,22,24). The van der Waals surface area contributed by atoms with Gasteiger partial charge in [-0.05, 0) is 30.7 Å². The van der Waals surface area contributed by atoms with Gasteiger partial charge < -0.3 is 20.5 Å². The van der Waals surface area contributed by atoms with E-state index in [1.54, 1.807) is 31.4 Å². The lowest BCUT2D eigenvalue weighted by Crippen LogP contribution is -2.16. The Morgan fingerprint density at radius 1 is 1.31 bits per heavy atom. The summed E-state index contributed by atoms with van der Waals surface area (Å²) in [4.78, 5) is 16.8. The van der Waals surface area contributed by atoms with Crippen LogP contribution < -0.4 is 15.8 Å². The van der Waals surface area contributed by atoms with Gasteiger partial charge in [0.15, 0.2) is 0 Å². The number of nitrogens with one attached hydrogen (secondary N) is 1. The molecule has 6 nitrogen and oxygen atoms in total. The van der Waals surface area contributed by atoms with Gasteiger partial charge in [-0.15, -0.1) is 5.92 Å². The predicted molar refractivity (Wildman–Crippen MR) is 102 cm³/mol. The highest BCUT2D eigenvalue weighted by atomic mass is 16.5. The SMILES string of the molecule is CCC#CCOc1cccc(NC(=O)c2cc(C)c(COC)nc2N)c1. The van der Waals surface area contributed by atoms with Gasteiger partial charge in [0.05, 0.1) is 17.9 Å². The number of hydrogen-bond donors (Lipinski definition) is 2. The van der Waals surface area contributed by atoms with Gasteiger partial charge >= 0.3 is 0 Å². The molecule has 0 fully saturated rings. The Bertz CT molecular complexity index is 838. The summed E-state index contributed by atoms with van der Waals surface area (Å²) < 4.78 is 10.6. The number of anilines is 2. The summed E-state index contributed by atoms with van der Waals surface area (Å²) >= 11 is 0. The van der Waals surface area contributed by atoms with Crippen molar-refractivity contribution in [3.05, 3.63) is 47.2 Å². The molecule has 0 unspecified atom stereocenters. The number of ether oxygens (including phenoxy) is 2. The maximum atomic E-state index is 12.5. The molecule has 0 atom stereocenters. The number of nitrogens with two attached hydrogens (primary N) is 1. The Morgan fingerprint density at radius 3 is 2.85 bits per heavy atom. The number of methoxy groups -OCH3 is 1. The van der Waals surface area contributed by atoms with Crippen molar-refractivity contribution in [2.45, 2.75) is 26.9 Å². The third-order valence-corrected chi connectivity index (χ3v) is 3.58.